The van der Waals surface area contributed by atoms with Crippen molar-refractivity contribution in [2.45, 2.75) is 134 Å². The molecule has 0 aliphatic carbocycles. The molecule has 3 heterocycles. The van der Waals surface area contributed by atoms with Gasteiger partial charge in [0.05, 0.1) is 83.9 Å². The number of methoxy groups -OCH3 is 2. The number of likely N-dealkylation sites (N-methyl/N-ethyl adjacent to an activating group) is 1. The van der Waals surface area contributed by atoms with Crippen LogP contribution in [0.25, 0.3) is 0 Å². The van der Waals surface area contributed by atoms with E-state index in [4.69, 9.17) is 54.2 Å². The fourth-order valence-electron chi connectivity index (χ4n) is 8.43. The summed E-state index contributed by atoms with van der Waals surface area (Å²) in [7, 11) is 5.97. The first kappa shape index (κ1) is 62.2. The van der Waals surface area contributed by atoms with E-state index in [9.17, 15) is 33.9 Å². The van der Waals surface area contributed by atoms with Gasteiger partial charge < -0.3 is 62.9 Å². The number of amides is 4. The number of carbonyl (C=O) groups excluding carboxylic acids is 6. The predicted molar refractivity (Wildman–Crippen MR) is 278 cm³/mol. The Balaban J connectivity index is 1.34. The summed E-state index contributed by atoms with van der Waals surface area (Å²) in [6.45, 7) is 15.7. The minimum Gasteiger partial charge on any atom is -0.495 e. The number of epoxide rings is 1. The molecule has 4 amide bonds. The minimum absolute atomic E-state index is 0.0706. The molecular weight excluding hydrogens is 1000 g/mol. The van der Waals surface area contributed by atoms with Crippen LogP contribution in [0.15, 0.2) is 35.9 Å². The van der Waals surface area contributed by atoms with Gasteiger partial charge >= 0.3 is 12.1 Å². The number of carbonyl (C=O) groups is 6. The zero-order chi connectivity index (χ0) is 54.8. The van der Waals surface area contributed by atoms with Crippen LogP contribution in [-0.4, -0.2) is 186 Å². The van der Waals surface area contributed by atoms with Crippen LogP contribution in [0.3, 0.4) is 0 Å². The quantitative estimate of drug-likeness (QED) is 0.0631. The van der Waals surface area contributed by atoms with Crippen LogP contribution >= 0.6 is 23.4 Å². The molecule has 3 aliphatic rings. The molecule has 0 spiro atoms. The third-order valence-electron chi connectivity index (χ3n) is 13.3. The van der Waals surface area contributed by atoms with Crippen LogP contribution in [0.2, 0.25) is 5.02 Å². The number of esters is 1. The molecule has 1 aromatic rings. The number of thioether (sulfide) groups is 1. The molecule has 4 bridgehead atoms. The van der Waals surface area contributed by atoms with Crippen molar-refractivity contribution in [1.82, 2.24) is 15.5 Å². The van der Waals surface area contributed by atoms with Crippen molar-refractivity contribution in [3.8, 4) is 5.75 Å². The lowest BCUT2D eigenvalue weighted by atomic mass is 9.83. The summed E-state index contributed by atoms with van der Waals surface area (Å²) in [6.07, 6.45) is 1.44. The summed E-state index contributed by atoms with van der Waals surface area (Å²) in [5, 5.41) is 17.4. The lowest BCUT2D eigenvalue weighted by Crippen LogP contribution is -2.63. The highest BCUT2D eigenvalue weighted by molar-refractivity contribution is 8.01. The second kappa shape index (κ2) is 29.3. The zero-order valence-electron chi connectivity index (χ0n) is 44.9. The molecule has 0 radical (unpaired) electrons. The topological polar surface area (TPSA) is 240 Å². The van der Waals surface area contributed by atoms with Gasteiger partial charge in [0, 0.05) is 57.7 Å². The van der Waals surface area contributed by atoms with Crippen molar-refractivity contribution in [2.24, 2.45) is 5.92 Å². The molecule has 416 valence electrons. The average molecular weight is 1080 g/mol. The lowest BCUT2D eigenvalue weighted by molar-refractivity contribution is -0.162. The fraction of sp³-hybridized carbons (Fsp3) is 0.692. The summed E-state index contributed by atoms with van der Waals surface area (Å²) in [6, 6.07) is 2.48. The average Bonchev–Trinajstić information content (AvgIpc) is 4.05. The molecule has 1 aromatic carbocycles. The van der Waals surface area contributed by atoms with Gasteiger partial charge in [-0.1, -0.05) is 56.2 Å². The molecule has 8 atom stereocenters. The number of aliphatic hydroxyl groups is 1. The van der Waals surface area contributed by atoms with Gasteiger partial charge in [0.2, 0.25) is 17.7 Å². The lowest BCUT2D eigenvalue weighted by Gasteiger charge is -2.42. The minimum atomic E-state index is -1.87. The molecule has 0 aromatic heterocycles. The summed E-state index contributed by atoms with van der Waals surface area (Å²) in [4.78, 5) is 81.3. The van der Waals surface area contributed by atoms with Crippen molar-refractivity contribution >= 4 is 64.6 Å². The summed E-state index contributed by atoms with van der Waals surface area (Å²) >= 11 is 8.22. The normalized spacial score (nSPS) is 24.7. The van der Waals surface area contributed by atoms with Gasteiger partial charge in [-0.2, -0.15) is 0 Å². The van der Waals surface area contributed by atoms with E-state index < -0.39 is 70.4 Å². The Morgan fingerprint density at radius 3 is 2.28 bits per heavy atom. The van der Waals surface area contributed by atoms with E-state index >= 15 is 0 Å². The number of ketones is 1. The Kier molecular flexibility index (Phi) is 24.6. The Hall–Kier alpha value is -4.32. The largest absolute Gasteiger partial charge is 0.495 e. The summed E-state index contributed by atoms with van der Waals surface area (Å²) in [5.41, 5.74) is -1.09. The first-order valence-electron chi connectivity index (χ1n) is 25.0. The van der Waals surface area contributed by atoms with Crippen LogP contribution in [0.4, 0.5) is 10.5 Å². The van der Waals surface area contributed by atoms with Crippen molar-refractivity contribution in [1.29, 1.82) is 0 Å². The van der Waals surface area contributed by atoms with Gasteiger partial charge in [0.1, 0.15) is 46.5 Å². The SMILES string of the molecule is COc1cc2cc(c1Cl)N(C)C(=O)C[C@H](OC(=O)[C@H](C)N(C)C(=O)CCC(C)(C)SCC(=O)NCCOCCOCCOCCOCCC(C)=O)[C@]1(C)O[C@H]1[C@H](C)[C@@H]1C[C@@](O)(NC(=O)O1)[C@H](OC)C=CC=C(C)C2. The van der Waals surface area contributed by atoms with Crippen LogP contribution in [0.5, 0.6) is 5.75 Å². The zero-order valence-corrected chi connectivity index (χ0v) is 46.5. The van der Waals surface area contributed by atoms with Gasteiger partial charge in [-0.3, -0.25) is 24.5 Å². The predicted octanol–water partition coefficient (Wildman–Crippen LogP) is 4.97. The van der Waals surface area contributed by atoms with E-state index in [1.807, 2.05) is 26.8 Å². The number of anilines is 1. The Morgan fingerprint density at radius 1 is 1.03 bits per heavy atom. The number of nitrogens with one attached hydrogen (secondary N) is 2. The molecule has 4 rings (SSSR count). The van der Waals surface area contributed by atoms with Gasteiger partial charge in [-0.15, -0.1) is 11.8 Å². The fourth-order valence-corrected chi connectivity index (χ4v) is 9.61. The molecule has 2 saturated heterocycles. The number of hydrogen-bond acceptors (Lipinski definition) is 17. The number of nitrogens with zero attached hydrogens (tertiary/aromatic N) is 2. The number of ether oxygens (including phenoxy) is 9. The highest BCUT2D eigenvalue weighted by Crippen LogP contribution is 2.49. The third kappa shape index (κ3) is 18.8. The first-order chi connectivity index (χ1) is 34.9. The van der Waals surface area contributed by atoms with Crippen molar-refractivity contribution in [2.75, 3.05) is 98.4 Å². The highest BCUT2D eigenvalue weighted by Gasteiger charge is 2.64. The standard InChI is InChI=1S/C52H79ClN4O16S/c1-33-13-12-14-41(66-11)52(64)31-40(71-49(63)55-52)35(3)47-51(7,73-47)42(30-45(61)57(9)38-28-37(27-33)29-39(65-10)46(38)53)72-48(62)36(4)56(8)44(60)15-17-50(5,6)74-32-43(59)54-18-20-68-22-24-70-26-25-69-23-21-67-19-16-34(2)58/h12-14,28-29,35-36,40-42,47,64H,15-27,30-32H2,1-11H3,(H,54,59)(H,55,63)/t35-,36+,40+,41-,42+,47+,51+,52+/m1/s1. The Labute approximate surface area is 445 Å². The summed E-state index contributed by atoms with van der Waals surface area (Å²) in [5.74, 6) is -1.74. The van der Waals surface area contributed by atoms with Gasteiger partial charge in [0.25, 0.3) is 0 Å². The van der Waals surface area contributed by atoms with E-state index in [2.05, 4.69) is 10.6 Å². The number of alkyl carbamates (subject to hydrolysis) is 1. The van der Waals surface area contributed by atoms with Gasteiger partial charge in [0.15, 0.2) is 5.72 Å². The maximum Gasteiger partial charge on any atom is 0.409 e. The van der Waals surface area contributed by atoms with E-state index in [0.717, 1.165) is 11.1 Å². The maximum absolute atomic E-state index is 14.4. The second-order valence-corrected chi connectivity index (χ2v) is 21.8. The Bertz CT molecular complexity index is 2150. The smallest absolute Gasteiger partial charge is 0.409 e. The molecule has 0 saturated carbocycles. The molecule has 74 heavy (non-hydrogen) atoms. The number of fused-ring (bicyclic) bond motifs is 5. The number of halogens is 1. The summed E-state index contributed by atoms with van der Waals surface area (Å²) < 4.78 is 50.8. The van der Waals surface area contributed by atoms with Crippen LogP contribution in [0, 0.1) is 5.92 Å². The van der Waals surface area contributed by atoms with Crippen molar-refractivity contribution in [3.05, 3.63) is 46.5 Å². The Morgan fingerprint density at radius 2 is 1.66 bits per heavy atom. The second-order valence-electron chi connectivity index (χ2n) is 19.7. The van der Waals surface area contributed by atoms with E-state index in [1.165, 1.54) is 56.7 Å². The third-order valence-corrected chi connectivity index (χ3v) is 15.1. The van der Waals surface area contributed by atoms with Crippen LogP contribution in [0.1, 0.15) is 86.1 Å². The monoisotopic (exact) mass is 1080 g/mol. The van der Waals surface area contributed by atoms with Gasteiger partial charge in [-0.05, 0) is 58.2 Å². The molecule has 20 nitrogen and oxygen atoms in total. The molecule has 0 unspecified atom stereocenters. The number of rotatable bonds is 26. The molecular formula is C52H79ClN4O16S. The van der Waals surface area contributed by atoms with Crippen LogP contribution in [-0.2, 0) is 68.3 Å². The molecule has 3 N–H and O–H groups in total. The van der Waals surface area contributed by atoms with Crippen LogP contribution < -0.4 is 20.3 Å². The molecule has 22 heteroatoms. The number of allylic oxidation sites excluding steroid dienone is 3. The van der Waals surface area contributed by atoms with Crippen molar-refractivity contribution < 1.29 is 76.5 Å². The highest BCUT2D eigenvalue weighted by atomic mass is 35.5. The van der Waals surface area contributed by atoms with E-state index in [-0.39, 0.29) is 47.6 Å². The maximum atomic E-state index is 14.4. The number of benzene rings is 1. The molecule has 3 aliphatic heterocycles. The number of hydrogen-bond donors (Lipinski definition) is 3. The first-order valence-corrected chi connectivity index (χ1v) is 26.4. The number of Topliss-reactive ketones (excluding diaryl/α,β-unsaturated/α-hetero) is 1. The van der Waals surface area contributed by atoms with Gasteiger partial charge in [-0.25, -0.2) is 9.59 Å². The van der Waals surface area contributed by atoms with E-state index in [0.29, 0.717) is 90.1 Å². The van der Waals surface area contributed by atoms with Crippen molar-refractivity contribution in [3.63, 3.8) is 0 Å². The van der Waals surface area contributed by atoms with E-state index in [1.54, 1.807) is 45.2 Å². The molecule has 2 fully saturated rings.